The van der Waals surface area contributed by atoms with E-state index < -0.39 is 0 Å². The zero-order valence-electron chi connectivity index (χ0n) is 11.3. The third-order valence-corrected chi connectivity index (χ3v) is 5.11. The zero-order chi connectivity index (χ0) is 13.9. The molecule has 108 valence electrons. The molecule has 2 aromatic heterocycles. The lowest BCUT2D eigenvalue weighted by atomic mass is 10.1. The quantitative estimate of drug-likeness (QED) is 0.912. The van der Waals surface area contributed by atoms with Crippen molar-refractivity contribution >= 4 is 27.3 Å². The van der Waals surface area contributed by atoms with Gasteiger partial charge in [0.2, 0.25) is 0 Å². The summed E-state index contributed by atoms with van der Waals surface area (Å²) in [5.74, 6) is 1.42. The van der Waals surface area contributed by atoms with Gasteiger partial charge in [-0.15, -0.1) is 11.3 Å². The van der Waals surface area contributed by atoms with Crippen LogP contribution in [-0.2, 0) is 0 Å². The number of hydrogen-bond acceptors (Lipinski definition) is 6. The minimum atomic E-state index is 0.248. The molecule has 0 bridgehead atoms. The van der Waals surface area contributed by atoms with Crippen LogP contribution in [0.1, 0.15) is 25.2 Å². The first-order valence-electron chi connectivity index (χ1n) is 6.82. The predicted octanol–water partition coefficient (Wildman–Crippen LogP) is 2.92. The maximum Gasteiger partial charge on any atom is 0.268 e. The van der Waals surface area contributed by atoms with Crippen LogP contribution in [-0.4, -0.2) is 41.2 Å². The topological polar surface area (TPSA) is 54.2 Å². The van der Waals surface area contributed by atoms with Crippen molar-refractivity contribution in [3.05, 3.63) is 21.7 Å². The van der Waals surface area contributed by atoms with Gasteiger partial charge in [-0.1, -0.05) is 12.1 Å². The van der Waals surface area contributed by atoms with Crippen molar-refractivity contribution < 1.29 is 4.52 Å². The Kier molecular flexibility index (Phi) is 4.50. The van der Waals surface area contributed by atoms with E-state index in [0.29, 0.717) is 5.89 Å². The molecule has 7 heteroatoms. The maximum atomic E-state index is 5.42. The number of thiophene rings is 1. The van der Waals surface area contributed by atoms with Gasteiger partial charge in [-0.3, -0.25) is 4.90 Å². The molecule has 2 aromatic rings. The van der Waals surface area contributed by atoms with Gasteiger partial charge in [0, 0.05) is 26.2 Å². The van der Waals surface area contributed by atoms with Gasteiger partial charge in [-0.05, 0) is 34.5 Å². The van der Waals surface area contributed by atoms with Crippen molar-refractivity contribution in [3.8, 4) is 10.8 Å². The molecule has 0 aromatic carbocycles. The molecule has 1 saturated heterocycles. The summed E-state index contributed by atoms with van der Waals surface area (Å²) >= 11 is 5.06. The van der Waals surface area contributed by atoms with Crippen LogP contribution in [0.4, 0.5) is 0 Å². The Bertz CT molecular complexity index is 564. The van der Waals surface area contributed by atoms with Crippen LogP contribution in [0, 0.1) is 0 Å². The molecule has 1 N–H and O–H groups in total. The van der Waals surface area contributed by atoms with Crippen molar-refractivity contribution in [2.24, 2.45) is 0 Å². The monoisotopic (exact) mass is 356 g/mol. The lowest BCUT2D eigenvalue weighted by Gasteiger charge is -2.32. The fourth-order valence-corrected chi connectivity index (χ4v) is 3.81. The number of hydrogen-bond donors (Lipinski definition) is 1. The van der Waals surface area contributed by atoms with Crippen molar-refractivity contribution in [2.75, 3.05) is 26.2 Å². The molecule has 20 heavy (non-hydrogen) atoms. The Morgan fingerprint density at radius 1 is 1.45 bits per heavy atom. The Labute approximate surface area is 130 Å². The van der Waals surface area contributed by atoms with Crippen LogP contribution in [0.5, 0.6) is 0 Å². The van der Waals surface area contributed by atoms with Gasteiger partial charge in [0.1, 0.15) is 0 Å². The van der Waals surface area contributed by atoms with E-state index >= 15 is 0 Å². The molecule has 0 amide bonds. The zero-order valence-corrected chi connectivity index (χ0v) is 13.7. The second-order valence-electron chi connectivity index (χ2n) is 4.77. The van der Waals surface area contributed by atoms with Crippen LogP contribution in [0.2, 0.25) is 0 Å². The SMILES string of the molecule is CCC(c1noc(-c2ccc(Br)s2)n1)N1CCNCC1. The largest absolute Gasteiger partial charge is 0.333 e. The minimum Gasteiger partial charge on any atom is -0.333 e. The summed E-state index contributed by atoms with van der Waals surface area (Å²) < 4.78 is 6.49. The lowest BCUT2D eigenvalue weighted by Crippen LogP contribution is -2.45. The summed E-state index contributed by atoms with van der Waals surface area (Å²) in [6, 6.07) is 4.24. The van der Waals surface area contributed by atoms with E-state index in [1.165, 1.54) is 0 Å². The second kappa shape index (κ2) is 6.34. The Hall–Kier alpha value is -0.760. The summed E-state index contributed by atoms with van der Waals surface area (Å²) in [5.41, 5.74) is 0. The molecule has 0 radical (unpaired) electrons. The molecule has 1 unspecified atom stereocenters. The van der Waals surface area contributed by atoms with Gasteiger partial charge in [0.05, 0.1) is 14.7 Å². The number of nitrogens with one attached hydrogen (secondary N) is 1. The Balaban J connectivity index is 1.80. The fourth-order valence-electron chi connectivity index (χ4n) is 2.50. The van der Waals surface area contributed by atoms with E-state index in [1.807, 2.05) is 12.1 Å². The molecule has 1 aliphatic heterocycles. The average Bonchev–Trinajstić information content (AvgIpc) is 3.10. The molecule has 0 spiro atoms. The van der Waals surface area contributed by atoms with E-state index in [2.05, 4.69) is 43.2 Å². The number of nitrogens with zero attached hydrogens (tertiary/aromatic N) is 3. The fraction of sp³-hybridized carbons (Fsp3) is 0.538. The molecule has 1 atom stereocenters. The van der Waals surface area contributed by atoms with Gasteiger partial charge in [0.25, 0.3) is 5.89 Å². The predicted molar refractivity (Wildman–Crippen MR) is 82.8 cm³/mol. The number of piperazine rings is 1. The van der Waals surface area contributed by atoms with Gasteiger partial charge in [-0.25, -0.2) is 0 Å². The molecular weight excluding hydrogens is 340 g/mol. The van der Waals surface area contributed by atoms with E-state index in [1.54, 1.807) is 11.3 Å². The first kappa shape index (κ1) is 14.2. The highest BCUT2D eigenvalue weighted by molar-refractivity contribution is 9.11. The molecule has 0 saturated carbocycles. The average molecular weight is 357 g/mol. The number of aromatic nitrogens is 2. The van der Waals surface area contributed by atoms with E-state index in [-0.39, 0.29) is 6.04 Å². The van der Waals surface area contributed by atoms with E-state index in [9.17, 15) is 0 Å². The molecule has 3 rings (SSSR count). The number of halogens is 1. The van der Waals surface area contributed by atoms with Gasteiger partial charge in [-0.2, -0.15) is 4.98 Å². The van der Waals surface area contributed by atoms with Crippen LogP contribution in [0.25, 0.3) is 10.8 Å². The van der Waals surface area contributed by atoms with Crippen molar-refractivity contribution in [1.29, 1.82) is 0 Å². The van der Waals surface area contributed by atoms with Gasteiger partial charge in [0.15, 0.2) is 5.82 Å². The van der Waals surface area contributed by atoms with Crippen LogP contribution < -0.4 is 5.32 Å². The highest BCUT2D eigenvalue weighted by Crippen LogP contribution is 2.31. The highest BCUT2D eigenvalue weighted by atomic mass is 79.9. The first-order valence-corrected chi connectivity index (χ1v) is 8.43. The lowest BCUT2D eigenvalue weighted by molar-refractivity contribution is 0.160. The van der Waals surface area contributed by atoms with Crippen molar-refractivity contribution in [1.82, 2.24) is 20.4 Å². The normalized spacial score (nSPS) is 18.3. The van der Waals surface area contributed by atoms with Gasteiger partial charge >= 0.3 is 0 Å². The van der Waals surface area contributed by atoms with E-state index in [0.717, 1.165) is 47.1 Å². The number of rotatable bonds is 4. The molecule has 0 aliphatic carbocycles. The minimum absolute atomic E-state index is 0.248. The highest BCUT2D eigenvalue weighted by Gasteiger charge is 2.25. The third kappa shape index (κ3) is 2.95. The van der Waals surface area contributed by atoms with Gasteiger partial charge < -0.3 is 9.84 Å². The summed E-state index contributed by atoms with van der Waals surface area (Å²) in [6.07, 6.45) is 0.993. The Morgan fingerprint density at radius 3 is 2.90 bits per heavy atom. The second-order valence-corrected chi connectivity index (χ2v) is 7.23. The standard InChI is InChI=1S/C13H17BrN4OS/c1-2-9(18-7-5-15-6-8-18)12-16-13(19-17-12)10-3-4-11(14)20-10/h3-4,9,15H,2,5-8H2,1H3. The van der Waals surface area contributed by atoms with Crippen molar-refractivity contribution in [3.63, 3.8) is 0 Å². The molecule has 5 nitrogen and oxygen atoms in total. The molecule has 1 fully saturated rings. The third-order valence-electron chi connectivity index (χ3n) is 3.50. The molecule has 1 aliphatic rings. The summed E-state index contributed by atoms with van der Waals surface area (Å²) in [4.78, 5) is 8.02. The molecule has 3 heterocycles. The first-order chi connectivity index (χ1) is 9.78. The summed E-state index contributed by atoms with van der Waals surface area (Å²) in [6.45, 7) is 6.29. The smallest absolute Gasteiger partial charge is 0.268 e. The molecular formula is C13H17BrN4OS. The Morgan fingerprint density at radius 2 is 2.25 bits per heavy atom. The van der Waals surface area contributed by atoms with Crippen LogP contribution >= 0.6 is 27.3 Å². The summed E-state index contributed by atoms with van der Waals surface area (Å²) in [5, 5.41) is 7.56. The van der Waals surface area contributed by atoms with E-state index in [4.69, 9.17) is 4.52 Å². The van der Waals surface area contributed by atoms with Crippen molar-refractivity contribution in [2.45, 2.75) is 19.4 Å². The van der Waals surface area contributed by atoms with Crippen LogP contribution in [0.15, 0.2) is 20.4 Å². The maximum absolute atomic E-state index is 5.42. The van der Waals surface area contributed by atoms with Crippen LogP contribution in [0.3, 0.4) is 0 Å². The summed E-state index contributed by atoms with van der Waals surface area (Å²) in [7, 11) is 0.